The number of aromatic nitrogens is 3. The lowest BCUT2D eigenvalue weighted by molar-refractivity contribution is -0.150. The monoisotopic (exact) mass is 548 g/mol. The van der Waals surface area contributed by atoms with Gasteiger partial charge in [0.15, 0.2) is 10.8 Å². The Morgan fingerprint density at radius 1 is 1.31 bits per heavy atom. The summed E-state index contributed by atoms with van der Waals surface area (Å²) in [7, 11) is 0. The highest BCUT2D eigenvalue weighted by Gasteiger charge is 2.54. The highest BCUT2D eigenvalue weighted by Crippen LogP contribution is 2.41. The van der Waals surface area contributed by atoms with E-state index in [4.69, 9.17) is 5.73 Å². The second-order valence-electron chi connectivity index (χ2n) is 7.66. The molecule has 0 spiro atoms. The van der Waals surface area contributed by atoms with Gasteiger partial charge in [-0.3, -0.25) is 24.2 Å². The fraction of sp³-hybridized carbons (Fsp3) is 0.263. The van der Waals surface area contributed by atoms with E-state index in [1.807, 2.05) is 0 Å². The van der Waals surface area contributed by atoms with Crippen molar-refractivity contribution in [1.29, 1.82) is 0 Å². The third kappa shape index (κ3) is 3.99. The number of thiazole rings is 1. The van der Waals surface area contributed by atoms with Gasteiger partial charge in [0.1, 0.15) is 28.3 Å². The van der Waals surface area contributed by atoms with Crippen LogP contribution in [-0.2, 0) is 19.2 Å². The summed E-state index contributed by atoms with van der Waals surface area (Å²) in [5, 5.41) is 33.6. The van der Waals surface area contributed by atoms with Crippen LogP contribution in [0, 0.1) is 0 Å². The molecule has 0 bridgehead atoms. The van der Waals surface area contributed by atoms with Crippen molar-refractivity contribution < 1.29 is 29.5 Å². The molecular weight excluding hydrogens is 532 g/mol. The third-order valence-electron chi connectivity index (χ3n) is 5.62. The van der Waals surface area contributed by atoms with E-state index in [1.54, 1.807) is 0 Å². The number of nitrogens with two attached hydrogens (primary N) is 1. The molecule has 2 aromatic rings. The molecule has 0 aromatic carbocycles. The molecule has 36 heavy (non-hydrogen) atoms. The van der Waals surface area contributed by atoms with E-state index in [0.717, 1.165) is 16.2 Å². The summed E-state index contributed by atoms with van der Waals surface area (Å²) in [6, 6.07) is -1.04. The summed E-state index contributed by atoms with van der Waals surface area (Å²) < 4.78 is 0. The number of anilines is 2. The molecule has 186 valence electrons. The molecule has 2 fully saturated rings. The number of aliphatic carboxylic acids is 1. The molecule has 14 nitrogen and oxygen atoms in total. The molecule has 5 N–H and O–H groups in total. The number of carboxylic acid groups (broad SMARTS) is 1. The van der Waals surface area contributed by atoms with E-state index in [1.165, 1.54) is 45.0 Å². The van der Waals surface area contributed by atoms with E-state index in [-0.39, 0.29) is 28.2 Å². The van der Waals surface area contributed by atoms with Crippen LogP contribution in [0.3, 0.4) is 0 Å². The number of amides is 3. The minimum atomic E-state index is -1.33. The number of β-lactam (4-membered cyclic amide) rings is 1. The standard InChI is InChI=1S/C19H16N8O6S3/c20-18-22-9(5-35-18)10(25-33)13(28)23-11-15(30)27-12(17(31)32)8(4-34-16(11)27)3-7-1-2-26(14(7)29)19-24-21-6-36-19/h3,5-6,11,16,33H,1-2,4H2,(H2,20,22)(H,23,28)(H,31,32)/b7-3?,25-10-/t11-,16-/m1/s1. The fourth-order valence-corrected chi connectivity index (χ4v) is 6.44. The van der Waals surface area contributed by atoms with Gasteiger partial charge in [0.25, 0.3) is 17.7 Å². The van der Waals surface area contributed by atoms with Gasteiger partial charge < -0.3 is 21.4 Å². The second-order valence-corrected chi connectivity index (χ2v) is 10.5. The maximum absolute atomic E-state index is 12.9. The Morgan fingerprint density at radius 3 is 2.75 bits per heavy atom. The number of rotatable bonds is 6. The van der Waals surface area contributed by atoms with Crippen molar-refractivity contribution in [3.8, 4) is 0 Å². The van der Waals surface area contributed by atoms with Gasteiger partial charge in [-0.05, 0) is 18.1 Å². The zero-order chi connectivity index (χ0) is 25.6. The Labute approximate surface area is 214 Å². The van der Waals surface area contributed by atoms with E-state index >= 15 is 0 Å². The Balaban J connectivity index is 1.35. The zero-order valence-corrected chi connectivity index (χ0v) is 20.5. The van der Waals surface area contributed by atoms with Crippen molar-refractivity contribution in [3.05, 3.63) is 39.5 Å². The van der Waals surface area contributed by atoms with Gasteiger partial charge >= 0.3 is 5.97 Å². The first kappa shape index (κ1) is 23.9. The Hall–Kier alpha value is -3.83. The average Bonchev–Trinajstić information content (AvgIpc) is 3.60. The van der Waals surface area contributed by atoms with Crippen molar-refractivity contribution in [1.82, 2.24) is 25.4 Å². The van der Waals surface area contributed by atoms with Gasteiger partial charge in [-0.2, -0.15) is 0 Å². The molecular formula is C19H16N8O6S3. The predicted octanol–water partition coefficient (Wildman–Crippen LogP) is -0.143. The number of hydrogen-bond donors (Lipinski definition) is 4. The molecule has 17 heteroatoms. The predicted molar refractivity (Wildman–Crippen MR) is 129 cm³/mol. The molecule has 3 aliphatic heterocycles. The van der Waals surface area contributed by atoms with Crippen molar-refractivity contribution in [2.75, 3.05) is 22.9 Å². The number of carbonyl (C=O) groups is 4. The van der Waals surface area contributed by atoms with Gasteiger partial charge in [0.2, 0.25) is 5.13 Å². The molecule has 2 aromatic heterocycles. The van der Waals surface area contributed by atoms with Gasteiger partial charge in [-0.25, -0.2) is 9.78 Å². The minimum absolute atomic E-state index is 0.0428. The third-order valence-corrected chi connectivity index (χ3v) is 8.31. The molecule has 0 unspecified atom stereocenters. The normalized spacial score (nSPS) is 23.2. The highest BCUT2D eigenvalue weighted by atomic mass is 32.2. The summed E-state index contributed by atoms with van der Waals surface area (Å²) in [5.74, 6) is -2.93. The lowest BCUT2D eigenvalue weighted by atomic mass is 10.0. The number of nitrogens with zero attached hydrogens (tertiary/aromatic N) is 6. The first-order chi connectivity index (χ1) is 17.3. The van der Waals surface area contributed by atoms with Crippen molar-refractivity contribution in [2.45, 2.75) is 17.8 Å². The highest BCUT2D eigenvalue weighted by molar-refractivity contribution is 8.00. The van der Waals surface area contributed by atoms with E-state index < -0.39 is 34.9 Å². The van der Waals surface area contributed by atoms with Crippen LogP contribution in [0.1, 0.15) is 12.1 Å². The molecule has 5 heterocycles. The van der Waals surface area contributed by atoms with Crippen molar-refractivity contribution >= 4 is 74.1 Å². The van der Waals surface area contributed by atoms with Gasteiger partial charge in [0, 0.05) is 23.3 Å². The first-order valence-corrected chi connectivity index (χ1v) is 13.0. The Kier molecular flexibility index (Phi) is 6.19. The molecule has 5 rings (SSSR count). The van der Waals surface area contributed by atoms with Crippen LogP contribution in [0.25, 0.3) is 0 Å². The molecule has 0 saturated carbocycles. The van der Waals surface area contributed by atoms with E-state index in [2.05, 4.69) is 25.7 Å². The van der Waals surface area contributed by atoms with Crippen LogP contribution in [-0.4, -0.2) is 83.5 Å². The number of nitrogen functional groups attached to an aromatic ring is 1. The van der Waals surface area contributed by atoms with Gasteiger partial charge in [-0.1, -0.05) is 16.5 Å². The Bertz CT molecular complexity index is 1370. The molecule has 3 amide bonds. The SMILES string of the molecule is Nc1nc(/C(=N/O)C(=O)N[C@@H]2C(=O)N3C(C(=O)O)=C(C=C4CCN(c5nncs5)C4=O)CS[C@H]23)cs1. The number of carbonyl (C=O) groups excluding carboxylic acids is 3. The van der Waals surface area contributed by atoms with E-state index in [0.29, 0.717) is 29.2 Å². The first-order valence-electron chi connectivity index (χ1n) is 10.2. The number of oxime groups is 1. The molecule has 3 aliphatic rings. The van der Waals surface area contributed by atoms with E-state index in [9.17, 15) is 29.5 Å². The fourth-order valence-electron chi connectivity index (χ4n) is 4.00. The molecule has 2 atom stereocenters. The molecule has 0 radical (unpaired) electrons. The largest absolute Gasteiger partial charge is 0.477 e. The van der Waals surface area contributed by atoms with Crippen LogP contribution in [0.15, 0.2) is 39.0 Å². The zero-order valence-electron chi connectivity index (χ0n) is 18.0. The topological polar surface area (TPSA) is 204 Å². The summed E-state index contributed by atoms with van der Waals surface area (Å²) in [6.45, 7) is 0.390. The number of allylic oxidation sites excluding steroid dienone is 1. The van der Waals surface area contributed by atoms with Crippen LogP contribution >= 0.6 is 34.4 Å². The summed E-state index contributed by atoms with van der Waals surface area (Å²) in [6.07, 6.45) is 1.90. The second kappa shape index (κ2) is 9.32. The lowest BCUT2D eigenvalue weighted by Gasteiger charge is -2.49. The van der Waals surface area contributed by atoms with Crippen LogP contribution in [0.2, 0.25) is 0 Å². The number of nitrogens with one attached hydrogen (secondary N) is 1. The maximum Gasteiger partial charge on any atom is 0.352 e. The molecule has 0 aliphatic carbocycles. The van der Waals surface area contributed by atoms with Gasteiger partial charge in [0.05, 0.1) is 0 Å². The summed E-state index contributed by atoms with van der Waals surface area (Å²) in [4.78, 5) is 56.9. The average molecular weight is 549 g/mol. The quantitative estimate of drug-likeness (QED) is 0.123. The smallest absolute Gasteiger partial charge is 0.352 e. The number of carboxylic acids is 1. The number of hydrogen-bond acceptors (Lipinski definition) is 13. The van der Waals surface area contributed by atoms with Crippen LogP contribution in [0.5, 0.6) is 0 Å². The lowest BCUT2D eigenvalue weighted by Crippen LogP contribution is -2.71. The van der Waals surface area contributed by atoms with Crippen LogP contribution in [0.4, 0.5) is 10.3 Å². The van der Waals surface area contributed by atoms with Crippen molar-refractivity contribution in [2.24, 2.45) is 5.16 Å². The number of fused-ring (bicyclic) bond motifs is 1. The van der Waals surface area contributed by atoms with Crippen LogP contribution < -0.4 is 16.0 Å². The molecule has 2 saturated heterocycles. The Morgan fingerprint density at radius 2 is 2.11 bits per heavy atom. The summed E-state index contributed by atoms with van der Waals surface area (Å²) in [5.41, 5.74) is 7.17. The van der Waals surface area contributed by atoms with Crippen molar-refractivity contribution in [3.63, 3.8) is 0 Å². The maximum atomic E-state index is 12.9. The number of thioether (sulfide) groups is 1. The minimum Gasteiger partial charge on any atom is -0.477 e. The summed E-state index contributed by atoms with van der Waals surface area (Å²) >= 11 is 3.51. The van der Waals surface area contributed by atoms with Gasteiger partial charge in [-0.15, -0.1) is 33.3 Å².